The molecule has 0 aromatic heterocycles. The topological polar surface area (TPSA) is 29.5 Å². The van der Waals surface area contributed by atoms with E-state index in [1.807, 2.05) is 0 Å². The van der Waals surface area contributed by atoms with Crippen LogP contribution in [0.4, 0.5) is 14.5 Å². The maximum absolute atomic E-state index is 13.5. The van der Waals surface area contributed by atoms with E-state index in [9.17, 15) is 13.6 Å². The van der Waals surface area contributed by atoms with Crippen molar-refractivity contribution in [2.45, 2.75) is 5.92 Å². The molecule has 0 fully saturated rings. The molecule has 1 heterocycles. The molecule has 80 valence electrons. The van der Waals surface area contributed by atoms with Crippen LogP contribution >= 0.6 is 0 Å². The van der Waals surface area contributed by atoms with Gasteiger partial charge in [0.1, 0.15) is 6.73 Å². The van der Waals surface area contributed by atoms with Gasteiger partial charge in [-0.25, -0.2) is 0 Å². The van der Waals surface area contributed by atoms with Gasteiger partial charge in [-0.05, 0) is 6.07 Å². The maximum Gasteiger partial charge on any atom is 0.352 e. The Morgan fingerprint density at radius 2 is 2.07 bits per heavy atom. The summed E-state index contributed by atoms with van der Waals surface area (Å²) >= 11 is 0. The number of hydrogen-bond donors (Lipinski definition) is 0. The summed E-state index contributed by atoms with van der Waals surface area (Å²) in [5, 5.41) is 0. The SMILES string of the molecule is COCN1C(=O)C(F)(F)c2ccccc21. The van der Waals surface area contributed by atoms with E-state index in [2.05, 4.69) is 0 Å². The molecule has 0 radical (unpaired) electrons. The lowest BCUT2D eigenvalue weighted by atomic mass is 10.1. The summed E-state index contributed by atoms with van der Waals surface area (Å²) in [6, 6.07) is 5.82. The number of methoxy groups -OCH3 is 1. The predicted octanol–water partition coefficient (Wildman–Crippen LogP) is 1.73. The van der Waals surface area contributed by atoms with Gasteiger partial charge in [0, 0.05) is 7.11 Å². The highest BCUT2D eigenvalue weighted by Gasteiger charge is 2.52. The first kappa shape index (κ1) is 10.0. The Kier molecular flexibility index (Phi) is 2.19. The van der Waals surface area contributed by atoms with Crippen molar-refractivity contribution in [1.82, 2.24) is 0 Å². The molecule has 1 aromatic carbocycles. The van der Waals surface area contributed by atoms with Crippen LogP contribution < -0.4 is 4.90 Å². The second-order valence-corrected chi connectivity index (χ2v) is 3.24. The summed E-state index contributed by atoms with van der Waals surface area (Å²) in [5.74, 6) is -4.67. The first-order chi connectivity index (χ1) is 7.09. The van der Waals surface area contributed by atoms with Gasteiger partial charge in [0.25, 0.3) is 0 Å². The molecule has 0 spiro atoms. The van der Waals surface area contributed by atoms with Crippen molar-refractivity contribution in [2.75, 3.05) is 18.7 Å². The fourth-order valence-electron chi connectivity index (χ4n) is 1.63. The highest BCUT2D eigenvalue weighted by atomic mass is 19.3. The number of carbonyl (C=O) groups excluding carboxylic acids is 1. The summed E-state index contributed by atoms with van der Waals surface area (Å²) in [7, 11) is 1.35. The van der Waals surface area contributed by atoms with Crippen LogP contribution in [0, 0.1) is 0 Å². The van der Waals surface area contributed by atoms with Crippen LogP contribution in [0.15, 0.2) is 24.3 Å². The number of fused-ring (bicyclic) bond motifs is 1. The van der Waals surface area contributed by atoms with E-state index in [1.165, 1.54) is 25.3 Å². The van der Waals surface area contributed by atoms with Crippen LogP contribution in [0.25, 0.3) is 0 Å². The van der Waals surface area contributed by atoms with Gasteiger partial charge < -0.3 is 4.74 Å². The normalized spacial score (nSPS) is 18.1. The number of anilines is 1. The third-order valence-corrected chi connectivity index (χ3v) is 2.31. The second-order valence-electron chi connectivity index (χ2n) is 3.24. The third-order valence-electron chi connectivity index (χ3n) is 2.31. The highest BCUT2D eigenvalue weighted by Crippen LogP contribution is 2.43. The number of hydrogen-bond acceptors (Lipinski definition) is 2. The number of rotatable bonds is 2. The number of alkyl halides is 2. The third kappa shape index (κ3) is 1.31. The molecule has 15 heavy (non-hydrogen) atoms. The Morgan fingerprint density at radius 3 is 2.73 bits per heavy atom. The molecule has 0 saturated carbocycles. The number of amides is 1. The van der Waals surface area contributed by atoms with Crippen molar-refractivity contribution in [1.29, 1.82) is 0 Å². The average molecular weight is 213 g/mol. The molecule has 3 nitrogen and oxygen atoms in total. The Balaban J connectivity index is 2.52. The van der Waals surface area contributed by atoms with Gasteiger partial charge >= 0.3 is 11.8 Å². The van der Waals surface area contributed by atoms with E-state index in [1.54, 1.807) is 6.07 Å². The van der Waals surface area contributed by atoms with Crippen LogP contribution in [0.2, 0.25) is 0 Å². The second kappa shape index (κ2) is 3.27. The van der Waals surface area contributed by atoms with Crippen molar-refractivity contribution < 1.29 is 18.3 Å². The molecule has 2 rings (SSSR count). The summed E-state index contributed by atoms with van der Waals surface area (Å²) in [6.45, 7) is -0.161. The Bertz CT molecular complexity index is 406. The molecule has 1 aromatic rings. The lowest BCUT2D eigenvalue weighted by Crippen LogP contribution is -2.35. The number of carbonyl (C=O) groups is 1. The summed E-state index contributed by atoms with van der Waals surface area (Å²) < 4.78 is 31.6. The molecule has 1 aliphatic heterocycles. The van der Waals surface area contributed by atoms with Gasteiger partial charge in [-0.15, -0.1) is 0 Å². The van der Waals surface area contributed by atoms with Crippen LogP contribution in [-0.2, 0) is 15.5 Å². The number of para-hydroxylation sites is 1. The monoisotopic (exact) mass is 213 g/mol. The van der Waals surface area contributed by atoms with Gasteiger partial charge in [-0.1, -0.05) is 18.2 Å². The first-order valence-electron chi connectivity index (χ1n) is 4.37. The minimum Gasteiger partial charge on any atom is -0.364 e. The zero-order valence-corrected chi connectivity index (χ0v) is 8.04. The molecule has 1 aliphatic rings. The Morgan fingerprint density at radius 1 is 1.40 bits per heavy atom. The first-order valence-corrected chi connectivity index (χ1v) is 4.37. The molecule has 5 heteroatoms. The van der Waals surface area contributed by atoms with Gasteiger partial charge in [0.05, 0.1) is 11.3 Å². The van der Waals surface area contributed by atoms with Crippen molar-refractivity contribution in [3.63, 3.8) is 0 Å². The van der Waals surface area contributed by atoms with E-state index in [-0.39, 0.29) is 18.0 Å². The van der Waals surface area contributed by atoms with Gasteiger partial charge in [0.2, 0.25) is 0 Å². The summed E-state index contributed by atoms with van der Waals surface area (Å²) in [4.78, 5) is 12.3. The standard InChI is InChI=1S/C10H9F2NO2/c1-15-6-13-8-5-3-2-4-7(8)10(11,12)9(13)14/h2-5H,6H2,1H3. The van der Waals surface area contributed by atoms with E-state index < -0.39 is 11.8 Å². The molecule has 0 bridgehead atoms. The molecule has 0 aliphatic carbocycles. The number of benzene rings is 1. The number of nitrogens with zero attached hydrogens (tertiary/aromatic N) is 1. The summed E-state index contributed by atoms with van der Waals surface area (Å²) in [5.41, 5.74) is -0.0404. The van der Waals surface area contributed by atoms with Crippen molar-refractivity contribution in [3.8, 4) is 0 Å². The molecular weight excluding hydrogens is 204 g/mol. The van der Waals surface area contributed by atoms with Crippen molar-refractivity contribution in [3.05, 3.63) is 29.8 Å². The molecule has 0 saturated heterocycles. The predicted molar refractivity (Wildman–Crippen MR) is 49.7 cm³/mol. The fraction of sp³-hybridized carbons (Fsp3) is 0.300. The van der Waals surface area contributed by atoms with Crippen LogP contribution in [-0.4, -0.2) is 19.7 Å². The van der Waals surface area contributed by atoms with Gasteiger partial charge in [-0.3, -0.25) is 9.69 Å². The summed E-state index contributed by atoms with van der Waals surface area (Å²) in [6.07, 6.45) is 0. The Hall–Kier alpha value is -1.49. The number of halogens is 2. The maximum atomic E-state index is 13.5. The van der Waals surface area contributed by atoms with Crippen LogP contribution in [0.1, 0.15) is 5.56 Å². The molecule has 0 N–H and O–H groups in total. The van der Waals surface area contributed by atoms with E-state index >= 15 is 0 Å². The smallest absolute Gasteiger partial charge is 0.352 e. The lowest BCUT2D eigenvalue weighted by Gasteiger charge is -2.15. The van der Waals surface area contributed by atoms with Crippen LogP contribution in [0.3, 0.4) is 0 Å². The van der Waals surface area contributed by atoms with Crippen molar-refractivity contribution in [2.24, 2.45) is 0 Å². The zero-order valence-electron chi connectivity index (χ0n) is 8.04. The fourth-order valence-corrected chi connectivity index (χ4v) is 1.63. The molecule has 1 amide bonds. The van der Waals surface area contributed by atoms with Gasteiger partial charge in [-0.2, -0.15) is 8.78 Å². The minimum atomic E-state index is -3.44. The molecule has 0 atom stereocenters. The Labute approximate surface area is 85.3 Å². The minimum absolute atomic E-state index is 0.161. The largest absolute Gasteiger partial charge is 0.364 e. The van der Waals surface area contributed by atoms with E-state index in [0.29, 0.717) is 0 Å². The van der Waals surface area contributed by atoms with E-state index in [0.717, 1.165) is 4.90 Å². The average Bonchev–Trinajstić information content (AvgIpc) is 2.42. The van der Waals surface area contributed by atoms with E-state index in [4.69, 9.17) is 4.74 Å². The van der Waals surface area contributed by atoms with Gasteiger partial charge in [0.15, 0.2) is 0 Å². The quantitative estimate of drug-likeness (QED) is 0.748. The number of ether oxygens (including phenoxy) is 1. The molecular formula is C10H9F2NO2. The highest BCUT2D eigenvalue weighted by molar-refractivity contribution is 6.05. The van der Waals surface area contributed by atoms with Crippen molar-refractivity contribution >= 4 is 11.6 Å². The zero-order chi connectivity index (χ0) is 11.1. The molecule has 0 unspecified atom stereocenters. The lowest BCUT2D eigenvalue weighted by molar-refractivity contribution is -0.142. The van der Waals surface area contributed by atoms with Crippen LogP contribution in [0.5, 0.6) is 0 Å².